The number of hydrogen-bond acceptors (Lipinski definition) is 1. The summed E-state index contributed by atoms with van der Waals surface area (Å²) in [5, 5.41) is 0.691. The Kier molecular flexibility index (Phi) is 4.22. The van der Waals surface area contributed by atoms with E-state index in [0.717, 1.165) is 11.3 Å². The summed E-state index contributed by atoms with van der Waals surface area (Å²) in [6.07, 6.45) is 1.92. The molecule has 0 saturated carbocycles. The van der Waals surface area contributed by atoms with Crippen molar-refractivity contribution in [3.05, 3.63) is 48.4 Å². The molecule has 0 heterocycles. The average Bonchev–Trinajstić information content (AvgIpc) is 2.19. The Hall–Kier alpha value is -0.950. The molecule has 0 amide bonds. The zero-order valence-electron chi connectivity index (χ0n) is 9.16. The quantitative estimate of drug-likeness (QED) is 0.694. The smallest absolute Gasteiger partial charge is 0.123 e. The van der Waals surface area contributed by atoms with Gasteiger partial charge in [-0.25, -0.2) is 0 Å². The van der Waals surface area contributed by atoms with Crippen LogP contribution in [-0.4, -0.2) is 6.10 Å². The van der Waals surface area contributed by atoms with Gasteiger partial charge in [0.15, 0.2) is 0 Å². The number of hydrogen-bond donors (Lipinski definition) is 0. The van der Waals surface area contributed by atoms with Crippen LogP contribution in [0.25, 0.3) is 0 Å². The minimum absolute atomic E-state index is 0.00236. The van der Waals surface area contributed by atoms with Gasteiger partial charge in [-0.3, -0.25) is 0 Å². The maximum Gasteiger partial charge on any atom is 0.123 e. The van der Waals surface area contributed by atoms with Gasteiger partial charge in [-0.15, -0.1) is 6.58 Å². The van der Waals surface area contributed by atoms with Gasteiger partial charge in [-0.1, -0.05) is 17.7 Å². The molecule has 1 aromatic rings. The van der Waals surface area contributed by atoms with Gasteiger partial charge in [0.25, 0.3) is 0 Å². The van der Waals surface area contributed by atoms with Gasteiger partial charge in [0.1, 0.15) is 5.75 Å². The number of rotatable bonds is 4. The van der Waals surface area contributed by atoms with Gasteiger partial charge in [0.2, 0.25) is 0 Å². The third-order valence-electron chi connectivity index (χ3n) is 2.02. The first-order valence-electron chi connectivity index (χ1n) is 4.96. The molecule has 0 N–H and O–H groups in total. The fraction of sp³-hybridized carbons (Fsp3) is 0.308. The van der Waals surface area contributed by atoms with E-state index < -0.39 is 0 Å². The molecule has 0 bridgehead atoms. The summed E-state index contributed by atoms with van der Waals surface area (Å²) in [5.41, 5.74) is 0.978. The van der Waals surface area contributed by atoms with Gasteiger partial charge in [-0.2, -0.15) is 0 Å². The van der Waals surface area contributed by atoms with E-state index in [1.54, 1.807) is 6.08 Å². The van der Waals surface area contributed by atoms with Crippen molar-refractivity contribution in [2.75, 3.05) is 0 Å². The predicted octanol–water partition coefficient (Wildman–Crippen LogP) is 4.23. The Balaban J connectivity index is 3.08. The SMILES string of the molecule is [CH2]C(C=C)c1cc(Cl)ccc1OC(C)C. The van der Waals surface area contributed by atoms with Gasteiger partial charge in [-0.05, 0) is 39.0 Å². The van der Waals surface area contributed by atoms with Crippen LogP contribution < -0.4 is 4.74 Å². The molecule has 15 heavy (non-hydrogen) atoms. The van der Waals surface area contributed by atoms with Crippen LogP contribution in [0.1, 0.15) is 25.3 Å². The molecule has 0 spiro atoms. The molecule has 0 aliphatic rings. The van der Waals surface area contributed by atoms with E-state index in [2.05, 4.69) is 13.5 Å². The predicted molar refractivity (Wildman–Crippen MR) is 65.5 cm³/mol. The average molecular weight is 224 g/mol. The third kappa shape index (κ3) is 3.28. The first-order chi connectivity index (χ1) is 7.04. The molecule has 1 atom stereocenters. The Morgan fingerprint density at radius 3 is 2.60 bits per heavy atom. The molecule has 0 aromatic heterocycles. The lowest BCUT2D eigenvalue weighted by Gasteiger charge is -2.16. The monoisotopic (exact) mass is 223 g/mol. The molecular weight excluding hydrogens is 208 g/mol. The summed E-state index contributed by atoms with van der Waals surface area (Å²) in [7, 11) is 0. The highest BCUT2D eigenvalue weighted by atomic mass is 35.5. The van der Waals surface area contributed by atoms with Crippen molar-refractivity contribution < 1.29 is 4.74 Å². The zero-order valence-corrected chi connectivity index (χ0v) is 9.92. The zero-order chi connectivity index (χ0) is 11.4. The van der Waals surface area contributed by atoms with E-state index in [9.17, 15) is 0 Å². The van der Waals surface area contributed by atoms with Gasteiger partial charge in [0.05, 0.1) is 6.10 Å². The second-order valence-corrected chi connectivity index (χ2v) is 4.13. The van der Waals surface area contributed by atoms with E-state index >= 15 is 0 Å². The van der Waals surface area contributed by atoms with Crippen LogP contribution in [0.5, 0.6) is 5.75 Å². The van der Waals surface area contributed by atoms with Crippen molar-refractivity contribution in [1.29, 1.82) is 0 Å². The van der Waals surface area contributed by atoms with Crippen molar-refractivity contribution in [3.63, 3.8) is 0 Å². The molecule has 0 saturated heterocycles. The first-order valence-corrected chi connectivity index (χ1v) is 5.34. The Morgan fingerprint density at radius 2 is 2.07 bits per heavy atom. The van der Waals surface area contributed by atoms with Crippen LogP contribution in [0.3, 0.4) is 0 Å². The lowest BCUT2D eigenvalue weighted by molar-refractivity contribution is 0.240. The third-order valence-corrected chi connectivity index (χ3v) is 2.25. The van der Waals surface area contributed by atoms with Crippen molar-refractivity contribution in [3.8, 4) is 5.75 Å². The van der Waals surface area contributed by atoms with Crippen LogP contribution in [0.15, 0.2) is 30.9 Å². The highest BCUT2D eigenvalue weighted by Gasteiger charge is 2.10. The minimum atomic E-state index is -0.00236. The number of halogens is 1. The van der Waals surface area contributed by atoms with Crippen LogP contribution in [0.2, 0.25) is 5.02 Å². The summed E-state index contributed by atoms with van der Waals surface area (Å²) in [6.45, 7) is 11.7. The molecule has 81 valence electrons. The van der Waals surface area contributed by atoms with Crippen molar-refractivity contribution in [1.82, 2.24) is 0 Å². The number of allylic oxidation sites excluding steroid dienone is 1. The summed E-state index contributed by atoms with van der Waals surface area (Å²) < 4.78 is 5.68. The Labute approximate surface area is 96.7 Å². The summed E-state index contributed by atoms with van der Waals surface area (Å²) >= 11 is 5.94. The van der Waals surface area contributed by atoms with Crippen molar-refractivity contribution >= 4 is 11.6 Å². The van der Waals surface area contributed by atoms with Gasteiger partial charge < -0.3 is 4.74 Å². The molecular formula is C13H16ClO. The molecule has 0 aliphatic heterocycles. The lowest BCUT2D eigenvalue weighted by Crippen LogP contribution is -2.08. The first kappa shape index (κ1) is 12.1. The maximum absolute atomic E-state index is 5.94. The molecule has 1 nitrogen and oxygen atoms in total. The molecule has 0 aliphatic carbocycles. The molecule has 1 radical (unpaired) electrons. The fourth-order valence-corrected chi connectivity index (χ4v) is 1.48. The highest BCUT2D eigenvalue weighted by Crippen LogP contribution is 2.30. The Bertz CT molecular complexity index is 344. The normalized spacial score (nSPS) is 12.6. The molecule has 1 rings (SSSR count). The van der Waals surface area contributed by atoms with Gasteiger partial charge >= 0.3 is 0 Å². The standard InChI is InChI=1S/C13H16ClO/c1-5-10(4)12-8-11(14)6-7-13(12)15-9(2)3/h5-10H,1,4H2,2-3H3. The maximum atomic E-state index is 5.94. The lowest BCUT2D eigenvalue weighted by atomic mass is 10.0. The van der Waals surface area contributed by atoms with E-state index in [-0.39, 0.29) is 12.0 Å². The second-order valence-electron chi connectivity index (χ2n) is 3.69. The highest BCUT2D eigenvalue weighted by molar-refractivity contribution is 6.30. The number of benzene rings is 1. The van der Waals surface area contributed by atoms with Crippen LogP contribution in [0.4, 0.5) is 0 Å². The Morgan fingerprint density at radius 1 is 1.40 bits per heavy atom. The van der Waals surface area contributed by atoms with Crippen LogP contribution in [-0.2, 0) is 0 Å². The van der Waals surface area contributed by atoms with Crippen LogP contribution >= 0.6 is 11.6 Å². The second kappa shape index (κ2) is 5.22. The van der Waals surface area contributed by atoms with Crippen molar-refractivity contribution in [2.24, 2.45) is 0 Å². The largest absolute Gasteiger partial charge is 0.491 e. The molecule has 1 unspecified atom stereocenters. The van der Waals surface area contributed by atoms with E-state index in [1.807, 2.05) is 32.0 Å². The summed E-state index contributed by atoms with van der Waals surface area (Å²) in [6, 6.07) is 5.57. The summed E-state index contributed by atoms with van der Waals surface area (Å²) in [5.74, 6) is 0.826. The molecule has 2 heteroatoms. The van der Waals surface area contributed by atoms with Gasteiger partial charge in [0, 0.05) is 16.5 Å². The minimum Gasteiger partial charge on any atom is -0.491 e. The van der Waals surface area contributed by atoms with Crippen molar-refractivity contribution in [2.45, 2.75) is 25.9 Å². The van der Waals surface area contributed by atoms with E-state index in [1.165, 1.54) is 0 Å². The molecule has 1 aromatic carbocycles. The summed E-state index contributed by atoms with van der Waals surface area (Å²) in [4.78, 5) is 0. The topological polar surface area (TPSA) is 9.23 Å². The van der Waals surface area contributed by atoms with Crippen LogP contribution in [0, 0.1) is 6.92 Å². The molecule has 0 fully saturated rings. The van der Waals surface area contributed by atoms with E-state index in [0.29, 0.717) is 5.02 Å². The fourth-order valence-electron chi connectivity index (χ4n) is 1.30. The van der Waals surface area contributed by atoms with E-state index in [4.69, 9.17) is 16.3 Å². The number of ether oxygens (including phenoxy) is 1.